The van der Waals surface area contributed by atoms with Crippen molar-refractivity contribution >= 4 is 32.9 Å². The van der Waals surface area contributed by atoms with Crippen LogP contribution >= 0.6 is 11.3 Å². The van der Waals surface area contributed by atoms with E-state index in [0.717, 1.165) is 5.56 Å². The largest absolute Gasteiger partial charge is 0.458 e. The number of nitrogens with zero attached hydrogens (tertiary/aromatic N) is 2. The summed E-state index contributed by atoms with van der Waals surface area (Å²) in [6, 6.07) is 8.15. The second kappa shape index (κ2) is 8.88. The van der Waals surface area contributed by atoms with Gasteiger partial charge in [-0.05, 0) is 26.0 Å². The van der Waals surface area contributed by atoms with Gasteiger partial charge >= 0.3 is 5.97 Å². The smallest absolute Gasteiger partial charge is 0.307 e. The van der Waals surface area contributed by atoms with Gasteiger partial charge in [0.25, 0.3) is 0 Å². The third-order valence-corrected chi connectivity index (χ3v) is 6.42. The normalized spacial score (nSPS) is 12.2. The minimum atomic E-state index is -3.62. The van der Waals surface area contributed by atoms with Crippen LogP contribution in [-0.2, 0) is 24.2 Å². The van der Waals surface area contributed by atoms with E-state index in [1.165, 1.54) is 23.5 Å². The number of hydrogen-bond donors (Lipinski definition) is 0. The van der Waals surface area contributed by atoms with Crippen LogP contribution in [0.15, 0.2) is 34.5 Å². The number of thiazole rings is 1. The van der Waals surface area contributed by atoms with Crippen molar-refractivity contribution in [2.45, 2.75) is 31.1 Å². The van der Waals surface area contributed by atoms with Crippen molar-refractivity contribution in [1.29, 1.82) is 5.26 Å². The number of esters is 1. The monoisotopic (exact) mass is 406 g/mol. The fourth-order valence-corrected chi connectivity index (χ4v) is 4.24. The molecule has 7 nitrogen and oxygen atoms in total. The number of ketones is 1. The summed E-state index contributed by atoms with van der Waals surface area (Å²) in [5.41, 5.74) is 1.62. The number of Topliss-reactive ketones (excluding diaryl/α,β-unsaturated/α-hetero) is 1. The third-order valence-electron chi connectivity index (χ3n) is 3.67. The Morgan fingerprint density at radius 1 is 1.26 bits per heavy atom. The number of nitriles is 1. The zero-order valence-electron chi connectivity index (χ0n) is 14.8. The van der Waals surface area contributed by atoms with E-state index < -0.39 is 39.9 Å². The highest BCUT2D eigenvalue weighted by Gasteiger charge is 2.25. The molecule has 0 N–H and O–H groups in total. The van der Waals surface area contributed by atoms with Crippen LogP contribution in [0.3, 0.4) is 0 Å². The van der Waals surface area contributed by atoms with Crippen molar-refractivity contribution in [3.8, 4) is 6.07 Å². The molecule has 0 aliphatic heterocycles. The van der Waals surface area contributed by atoms with Crippen LogP contribution in [0.1, 0.15) is 28.6 Å². The van der Waals surface area contributed by atoms with Gasteiger partial charge in [0.15, 0.2) is 28.1 Å². The number of benzene rings is 1. The topological polar surface area (TPSA) is 114 Å². The molecule has 0 saturated carbocycles. The van der Waals surface area contributed by atoms with Gasteiger partial charge in [-0.1, -0.05) is 17.7 Å². The molecule has 1 atom stereocenters. The fraction of sp³-hybridized carbons (Fsp3) is 0.333. The van der Waals surface area contributed by atoms with Crippen LogP contribution in [-0.4, -0.2) is 37.5 Å². The highest BCUT2D eigenvalue weighted by atomic mass is 32.2. The van der Waals surface area contributed by atoms with E-state index in [1.54, 1.807) is 24.4 Å². The molecule has 0 spiro atoms. The minimum Gasteiger partial charge on any atom is -0.458 e. The van der Waals surface area contributed by atoms with Crippen molar-refractivity contribution in [3.63, 3.8) is 0 Å². The number of aromatic nitrogens is 1. The maximum atomic E-state index is 12.2. The molecule has 9 heteroatoms. The van der Waals surface area contributed by atoms with Gasteiger partial charge in [-0.3, -0.25) is 9.59 Å². The van der Waals surface area contributed by atoms with Gasteiger partial charge in [-0.2, -0.15) is 5.26 Å². The molecular weight excluding hydrogens is 388 g/mol. The van der Waals surface area contributed by atoms with Crippen LogP contribution < -0.4 is 0 Å². The summed E-state index contributed by atoms with van der Waals surface area (Å²) in [4.78, 5) is 28.1. The molecule has 0 fully saturated rings. The quantitative estimate of drug-likeness (QED) is 0.618. The Balaban J connectivity index is 1.87. The first-order valence-corrected chi connectivity index (χ1v) is 10.6. The maximum absolute atomic E-state index is 12.2. The van der Waals surface area contributed by atoms with Crippen LogP contribution in [0.5, 0.6) is 0 Å². The van der Waals surface area contributed by atoms with Gasteiger partial charge in [-0.25, -0.2) is 13.4 Å². The SMILES string of the molecule is Cc1ccc(S(=O)(=O)CCC(=O)OCC(=O)[C@@H](C#N)c2nc(C)cs2)cc1. The summed E-state index contributed by atoms with van der Waals surface area (Å²) >= 11 is 1.18. The van der Waals surface area contributed by atoms with Crippen molar-refractivity contribution in [2.24, 2.45) is 0 Å². The molecule has 2 rings (SSSR count). The predicted octanol–water partition coefficient (Wildman–Crippen LogP) is 2.34. The summed E-state index contributed by atoms with van der Waals surface area (Å²) in [7, 11) is -3.62. The van der Waals surface area contributed by atoms with E-state index in [1.807, 2.05) is 13.0 Å². The van der Waals surface area contributed by atoms with Gasteiger partial charge in [0, 0.05) is 11.1 Å². The second-order valence-electron chi connectivity index (χ2n) is 5.90. The molecule has 2 aromatic rings. The number of carbonyl (C=O) groups is 2. The van der Waals surface area contributed by atoms with Crippen molar-refractivity contribution in [1.82, 2.24) is 4.98 Å². The molecule has 1 heterocycles. The van der Waals surface area contributed by atoms with Crippen molar-refractivity contribution < 1.29 is 22.7 Å². The van der Waals surface area contributed by atoms with Crippen LogP contribution in [0, 0.1) is 25.2 Å². The van der Waals surface area contributed by atoms with Crippen molar-refractivity contribution in [3.05, 3.63) is 45.9 Å². The summed E-state index contributed by atoms with van der Waals surface area (Å²) in [5.74, 6) is -2.93. The number of rotatable bonds is 8. The van der Waals surface area contributed by atoms with E-state index in [0.29, 0.717) is 10.7 Å². The van der Waals surface area contributed by atoms with E-state index in [2.05, 4.69) is 4.98 Å². The van der Waals surface area contributed by atoms with Crippen molar-refractivity contribution in [2.75, 3.05) is 12.4 Å². The van der Waals surface area contributed by atoms with Gasteiger partial charge < -0.3 is 4.74 Å². The summed E-state index contributed by atoms with van der Waals surface area (Å²) in [5, 5.41) is 11.2. The standard InChI is InChI=1S/C18H18N2O5S2/c1-12-3-5-14(6-4-12)27(23,24)8-7-17(22)25-10-16(21)15(9-19)18-20-13(2)11-26-18/h3-6,11,15H,7-8,10H2,1-2H3/t15-/m1/s1. The molecule has 0 saturated heterocycles. The molecule has 0 bridgehead atoms. The minimum absolute atomic E-state index is 0.126. The van der Waals surface area contributed by atoms with Gasteiger partial charge in [0.05, 0.1) is 23.1 Å². The number of sulfone groups is 1. The zero-order chi connectivity index (χ0) is 20.0. The lowest BCUT2D eigenvalue weighted by molar-refractivity contribution is -0.147. The van der Waals surface area contributed by atoms with Crippen LogP contribution in [0.25, 0.3) is 0 Å². The van der Waals surface area contributed by atoms with Gasteiger partial charge in [0.2, 0.25) is 0 Å². The molecule has 0 aliphatic carbocycles. The Labute approximate surface area is 161 Å². The van der Waals surface area contributed by atoms with E-state index in [4.69, 9.17) is 10.00 Å². The Morgan fingerprint density at radius 2 is 1.93 bits per heavy atom. The molecule has 142 valence electrons. The molecule has 1 aromatic heterocycles. The predicted molar refractivity (Wildman–Crippen MR) is 99.0 cm³/mol. The van der Waals surface area contributed by atoms with E-state index in [9.17, 15) is 18.0 Å². The highest BCUT2D eigenvalue weighted by molar-refractivity contribution is 7.91. The number of carbonyl (C=O) groups excluding carboxylic acids is 2. The van der Waals surface area contributed by atoms with Gasteiger partial charge in [-0.15, -0.1) is 11.3 Å². The Bertz CT molecular complexity index is 972. The molecular formula is C18H18N2O5S2. The molecule has 0 unspecified atom stereocenters. The lowest BCUT2D eigenvalue weighted by atomic mass is 10.1. The number of aryl methyl sites for hydroxylation is 2. The molecule has 1 aromatic carbocycles. The first kappa shape index (κ1) is 20.7. The number of ether oxygens (including phenoxy) is 1. The molecule has 0 amide bonds. The zero-order valence-corrected chi connectivity index (χ0v) is 16.5. The highest BCUT2D eigenvalue weighted by Crippen LogP contribution is 2.21. The summed E-state index contributed by atoms with van der Waals surface area (Å²) in [6.45, 7) is 2.99. The fourth-order valence-electron chi connectivity index (χ4n) is 2.16. The average molecular weight is 406 g/mol. The lowest BCUT2D eigenvalue weighted by Gasteiger charge is -2.08. The van der Waals surface area contributed by atoms with Crippen LogP contribution in [0.4, 0.5) is 0 Å². The Hall–Kier alpha value is -2.57. The Kier molecular flexibility index (Phi) is 6.82. The summed E-state index contributed by atoms with van der Waals surface area (Å²) in [6.07, 6.45) is -0.378. The second-order valence-corrected chi connectivity index (χ2v) is 8.90. The average Bonchev–Trinajstić information content (AvgIpc) is 3.05. The molecule has 27 heavy (non-hydrogen) atoms. The van der Waals surface area contributed by atoms with E-state index in [-0.39, 0.29) is 11.3 Å². The van der Waals surface area contributed by atoms with Gasteiger partial charge in [0.1, 0.15) is 5.01 Å². The molecule has 0 aliphatic rings. The van der Waals surface area contributed by atoms with E-state index >= 15 is 0 Å². The first-order chi connectivity index (χ1) is 12.7. The first-order valence-electron chi connectivity index (χ1n) is 8.02. The molecule has 0 radical (unpaired) electrons. The van der Waals surface area contributed by atoms with Crippen LogP contribution in [0.2, 0.25) is 0 Å². The Morgan fingerprint density at radius 3 is 2.48 bits per heavy atom. The lowest BCUT2D eigenvalue weighted by Crippen LogP contribution is -2.21. The maximum Gasteiger partial charge on any atom is 0.307 e. The number of hydrogen-bond acceptors (Lipinski definition) is 8. The summed E-state index contributed by atoms with van der Waals surface area (Å²) < 4.78 is 29.2. The third kappa shape index (κ3) is 5.70.